The fourth-order valence-corrected chi connectivity index (χ4v) is 5.07. The van der Waals surface area contributed by atoms with Gasteiger partial charge in [0, 0.05) is 46.4 Å². The predicted molar refractivity (Wildman–Crippen MR) is 133 cm³/mol. The van der Waals surface area contributed by atoms with Crippen LogP contribution in [0.4, 0.5) is 5.69 Å². The van der Waals surface area contributed by atoms with E-state index < -0.39 is 0 Å². The number of hydrogen-bond acceptors (Lipinski definition) is 6. The molecule has 5 rings (SSSR count). The van der Waals surface area contributed by atoms with Gasteiger partial charge in [0.1, 0.15) is 4.88 Å². The van der Waals surface area contributed by atoms with Gasteiger partial charge in [0.15, 0.2) is 0 Å². The maximum atomic E-state index is 12.6. The molecule has 1 atom stereocenters. The third-order valence-electron chi connectivity index (χ3n) is 5.53. The zero-order chi connectivity index (χ0) is 22.2. The highest BCUT2D eigenvalue weighted by molar-refractivity contribution is 7.21. The van der Waals surface area contributed by atoms with E-state index in [0.717, 1.165) is 55.0 Å². The SMILES string of the molecule is C[C@@H]1CNc2c(sc3ccc4nc(-c5ccnc(/C=C/CN(C)C)c5)ccc4c23)C(=O)N1. The van der Waals surface area contributed by atoms with Crippen molar-refractivity contribution >= 4 is 50.0 Å². The van der Waals surface area contributed by atoms with E-state index in [0.29, 0.717) is 6.54 Å². The van der Waals surface area contributed by atoms with E-state index in [-0.39, 0.29) is 11.9 Å². The molecule has 0 radical (unpaired) electrons. The monoisotopic (exact) mass is 443 g/mol. The van der Waals surface area contributed by atoms with Crippen molar-refractivity contribution in [3.63, 3.8) is 0 Å². The summed E-state index contributed by atoms with van der Waals surface area (Å²) < 4.78 is 1.09. The molecule has 2 N–H and O–H groups in total. The fourth-order valence-electron chi connectivity index (χ4n) is 3.97. The summed E-state index contributed by atoms with van der Waals surface area (Å²) in [5.74, 6) is -0.0111. The highest BCUT2D eigenvalue weighted by Crippen LogP contribution is 2.41. The predicted octanol–water partition coefficient (Wildman–Crippen LogP) is 4.63. The largest absolute Gasteiger partial charge is 0.381 e. The molecular formula is C25H25N5OS. The smallest absolute Gasteiger partial charge is 0.263 e. The molecule has 7 heteroatoms. The lowest BCUT2D eigenvalue weighted by Gasteiger charge is -2.10. The van der Waals surface area contributed by atoms with Crippen LogP contribution < -0.4 is 10.6 Å². The number of carbonyl (C=O) groups is 1. The van der Waals surface area contributed by atoms with Crippen molar-refractivity contribution in [1.82, 2.24) is 20.2 Å². The van der Waals surface area contributed by atoms with Crippen LogP contribution in [-0.4, -0.2) is 54.0 Å². The molecule has 1 aromatic carbocycles. The molecule has 0 aliphatic carbocycles. The third-order valence-corrected chi connectivity index (χ3v) is 6.68. The summed E-state index contributed by atoms with van der Waals surface area (Å²) in [6.45, 7) is 3.58. The van der Waals surface area contributed by atoms with Gasteiger partial charge >= 0.3 is 0 Å². The minimum atomic E-state index is -0.0111. The summed E-state index contributed by atoms with van der Waals surface area (Å²) >= 11 is 1.53. The van der Waals surface area contributed by atoms with E-state index in [2.05, 4.69) is 44.8 Å². The van der Waals surface area contributed by atoms with Gasteiger partial charge in [-0.05, 0) is 63.5 Å². The van der Waals surface area contributed by atoms with Gasteiger partial charge in [0.05, 0.1) is 22.6 Å². The molecule has 1 aliphatic heterocycles. The number of nitrogens with zero attached hydrogens (tertiary/aromatic N) is 3. The molecule has 3 aromatic heterocycles. The highest BCUT2D eigenvalue weighted by atomic mass is 32.1. The second-order valence-corrected chi connectivity index (χ2v) is 9.45. The van der Waals surface area contributed by atoms with E-state index >= 15 is 0 Å². The maximum absolute atomic E-state index is 12.6. The second kappa shape index (κ2) is 8.33. The Kier molecular flexibility index (Phi) is 5.36. The van der Waals surface area contributed by atoms with Gasteiger partial charge in [-0.2, -0.15) is 0 Å². The summed E-state index contributed by atoms with van der Waals surface area (Å²) in [5, 5.41) is 8.66. The number of thiophene rings is 1. The molecule has 0 spiro atoms. The number of carbonyl (C=O) groups excluding carboxylic acids is 1. The molecule has 32 heavy (non-hydrogen) atoms. The Morgan fingerprint density at radius 2 is 2.09 bits per heavy atom. The van der Waals surface area contributed by atoms with Gasteiger partial charge in [-0.25, -0.2) is 4.98 Å². The van der Waals surface area contributed by atoms with Gasteiger partial charge in [-0.3, -0.25) is 9.78 Å². The number of hydrogen-bond donors (Lipinski definition) is 2. The van der Waals surface area contributed by atoms with E-state index in [4.69, 9.17) is 4.98 Å². The molecule has 4 heterocycles. The zero-order valence-electron chi connectivity index (χ0n) is 18.3. The lowest BCUT2D eigenvalue weighted by molar-refractivity contribution is 0.0949. The summed E-state index contributed by atoms with van der Waals surface area (Å²) in [4.78, 5) is 24.9. The first-order chi connectivity index (χ1) is 15.5. The summed E-state index contributed by atoms with van der Waals surface area (Å²) in [5.41, 5.74) is 4.68. The van der Waals surface area contributed by atoms with Crippen LogP contribution in [0, 0.1) is 0 Å². The van der Waals surface area contributed by atoms with E-state index in [1.165, 1.54) is 11.3 Å². The van der Waals surface area contributed by atoms with E-state index in [1.54, 1.807) is 0 Å². The Morgan fingerprint density at radius 3 is 2.94 bits per heavy atom. The Bertz CT molecular complexity index is 1360. The van der Waals surface area contributed by atoms with Crippen LogP contribution in [0.2, 0.25) is 0 Å². The molecule has 6 nitrogen and oxygen atoms in total. The van der Waals surface area contributed by atoms with Crippen molar-refractivity contribution in [2.24, 2.45) is 0 Å². The maximum Gasteiger partial charge on any atom is 0.263 e. The van der Waals surface area contributed by atoms with Crippen molar-refractivity contribution in [1.29, 1.82) is 0 Å². The van der Waals surface area contributed by atoms with Gasteiger partial charge in [-0.1, -0.05) is 6.08 Å². The number of fused-ring (bicyclic) bond motifs is 5. The molecule has 4 aromatic rings. The number of anilines is 1. The quantitative estimate of drug-likeness (QED) is 0.481. The first-order valence-electron chi connectivity index (χ1n) is 10.7. The van der Waals surface area contributed by atoms with Crippen LogP contribution in [-0.2, 0) is 0 Å². The van der Waals surface area contributed by atoms with Crippen molar-refractivity contribution in [3.05, 3.63) is 59.2 Å². The molecular weight excluding hydrogens is 418 g/mol. The number of pyridine rings is 2. The van der Waals surface area contributed by atoms with E-state index in [9.17, 15) is 4.79 Å². The van der Waals surface area contributed by atoms with Crippen molar-refractivity contribution < 1.29 is 4.79 Å². The molecule has 162 valence electrons. The molecule has 1 amide bonds. The van der Waals surface area contributed by atoms with Crippen LogP contribution >= 0.6 is 11.3 Å². The van der Waals surface area contributed by atoms with Crippen LogP contribution in [0.3, 0.4) is 0 Å². The van der Waals surface area contributed by atoms with Crippen molar-refractivity contribution in [2.45, 2.75) is 13.0 Å². The Balaban J connectivity index is 1.56. The molecule has 0 fully saturated rings. The number of aromatic nitrogens is 2. The van der Waals surface area contributed by atoms with Gasteiger partial charge in [0.25, 0.3) is 5.91 Å². The minimum absolute atomic E-state index is 0.0111. The Morgan fingerprint density at radius 1 is 1.22 bits per heavy atom. The first kappa shape index (κ1) is 20.6. The van der Waals surface area contributed by atoms with Crippen molar-refractivity contribution in [3.8, 4) is 11.3 Å². The topological polar surface area (TPSA) is 70.2 Å². The van der Waals surface area contributed by atoms with Gasteiger partial charge < -0.3 is 15.5 Å². The number of amides is 1. The standard InChI is InChI=1S/C25H25N5OS/c1-15-14-27-23-22-18-6-7-19(16-10-11-26-17(13-16)5-4-12-30(2)3)29-20(18)8-9-21(22)32-24(23)25(31)28-15/h4-11,13,15,27H,12,14H2,1-3H3,(H,28,31)/b5-4+/t15-/m1/s1. The number of rotatable bonds is 4. The van der Waals surface area contributed by atoms with Crippen LogP contribution in [0.15, 0.2) is 48.7 Å². The molecule has 1 aliphatic rings. The van der Waals surface area contributed by atoms with Crippen molar-refractivity contribution in [2.75, 3.05) is 32.5 Å². The molecule has 0 saturated heterocycles. The number of benzene rings is 1. The molecule has 0 unspecified atom stereocenters. The van der Waals surface area contributed by atoms with Gasteiger partial charge in [-0.15, -0.1) is 11.3 Å². The summed E-state index contributed by atoms with van der Waals surface area (Å²) in [6, 6.07) is 12.4. The third kappa shape index (κ3) is 3.85. The minimum Gasteiger partial charge on any atom is -0.381 e. The first-order valence-corrected chi connectivity index (χ1v) is 11.5. The number of likely N-dealkylation sites (N-methyl/N-ethyl adjacent to an activating group) is 1. The fraction of sp³-hybridized carbons (Fsp3) is 0.240. The summed E-state index contributed by atoms with van der Waals surface area (Å²) in [6.07, 6.45) is 5.96. The number of nitrogens with one attached hydrogen (secondary N) is 2. The average molecular weight is 444 g/mol. The van der Waals surface area contributed by atoms with E-state index in [1.807, 2.05) is 51.5 Å². The second-order valence-electron chi connectivity index (χ2n) is 8.40. The normalized spacial score (nSPS) is 16.4. The average Bonchev–Trinajstić information content (AvgIpc) is 3.10. The molecule has 0 saturated carbocycles. The van der Waals surface area contributed by atoms with Crippen LogP contribution in [0.1, 0.15) is 22.3 Å². The summed E-state index contributed by atoms with van der Waals surface area (Å²) in [7, 11) is 4.08. The Hall–Kier alpha value is -3.29. The zero-order valence-corrected chi connectivity index (χ0v) is 19.2. The molecule has 0 bridgehead atoms. The highest BCUT2D eigenvalue weighted by Gasteiger charge is 2.24. The lowest BCUT2D eigenvalue weighted by atomic mass is 10.1. The lowest BCUT2D eigenvalue weighted by Crippen LogP contribution is -2.34. The van der Waals surface area contributed by atoms with Crippen LogP contribution in [0.5, 0.6) is 0 Å². The Labute approximate surface area is 191 Å². The van der Waals surface area contributed by atoms with Gasteiger partial charge in [0.2, 0.25) is 0 Å². The van der Waals surface area contributed by atoms with Crippen LogP contribution in [0.25, 0.3) is 38.3 Å².